The Bertz CT molecular complexity index is 281. The van der Waals surface area contributed by atoms with E-state index in [1.807, 2.05) is 12.1 Å². The fourth-order valence-electron chi connectivity index (χ4n) is 0.717. The summed E-state index contributed by atoms with van der Waals surface area (Å²) in [6.45, 7) is 0. The van der Waals surface area contributed by atoms with Crippen LogP contribution in [0.5, 0.6) is 0 Å². The maximum absolute atomic E-state index is 5.84. The normalized spacial score (nSPS) is 10.8. The highest BCUT2D eigenvalue weighted by molar-refractivity contribution is 7.83. The minimum Gasteiger partial charge on any atom is -0.151 e. The Balaban J connectivity index is 3.09. The molecule has 0 fully saturated rings. The topological polar surface area (TPSA) is 0 Å². The first kappa shape index (κ1) is 8.98. The molecule has 0 aliphatic carbocycles. The molecule has 0 saturated carbocycles. The maximum Gasteiger partial charge on any atom is 0.0493 e. The van der Waals surface area contributed by atoms with E-state index in [0.29, 0.717) is 10.0 Å². The molecule has 0 aliphatic rings. The van der Waals surface area contributed by atoms with Crippen molar-refractivity contribution < 1.29 is 0 Å². The third kappa shape index (κ3) is 2.44. The van der Waals surface area contributed by atoms with Crippen LogP contribution in [0.15, 0.2) is 23.6 Å². The first-order valence-electron chi connectivity index (χ1n) is 3.00. The Morgan fingerprint density at radius 3 is 2.55 bits per heavy atom. The fraction of sp³-hybridized carbons (Fsp3) is 0. The van der Waals surface area contributed by atoms with Crippen molar-refractivity contribution in [3.8, 4) is 0 Å². The smallest absolute Gasteiger partial charge is 0.0493 e. The maximum atomic E-state index is 5.84. The molecule has 0 nitrogen and oxygen atoms in total. The van der Waals surface area contributed by atoms with Crippen LogP contribution in [0, 0.1) is 0 Å². The molecule has 58 valence electrons. The third-order valence-electron chi connectivity index (χ3n) is 1.22. The average molecular weight is 205 g/mol. The van der Waals surface area contributed by atoms with E-state index in [0.717, 1.165) is 5.56 Å². The highest BCUT2D eigenvalue weighted by Crippen LogP contribution is 2.21. The van der Waals surface area contributed by atoms with Crippen molar-refractivity contribution in [1.29, 1.82) is 0 Å². The second-order valence-electron chi connectivity index (χ2n) is 1.98. The predicted octanol–water partition coefficient (Wildman–Crippen LogP) is 3.89. The second-order valence-corrected chi connectivity index (χ2v) is 3.12. The minimum atomic E-state index is 0.641. The van der Waals surface area contributed by atoms with Gasteiger partial charge in [-0.05, 0) is 29.2 Å². The number of halogens is 2. The zero-order chi connectivity index (χ0) is 8.27. The van der Waals surface area contributed by atoms with Crippen molar-refractivity contribution in [3.63, 3.8) is 0 Å². The fourth-order valence-corrected chi connectivity index (χ4v) is 1.35. The van der Waals surface area contributed by atoms with Gasteiger partial charge in [-0.2, -0.15) is 12.6 Å². The molecule has 0 aliphatic heterocycles. The van der Waals surface area contributed by atoms with Gasteiger partial charge in [-0.3, -0.25) is 0 Å². The number of hydrogen-bond donors (Lipinski definition) is 1. The molecule has 0 saturated heterocycles. The molecule has 3 heteroatoms. The van der Waals surface area contributed by atoms with E-state index in [9.17, 15) is 0 Å². The van der Waals surface area contributed by atoms with Gasteiger partial charge in [0.25, 0.3) is 0 Å². The monoisotopic (exact) mass is 204 g/mol. The molecule has 1 rings (SSSR count). The van der Waals surface area contributed by atoms with Crippen molar-refractivity contribution in [1.82, 2.24) is 0 Å². The van der Waals surface area contributed by atoms with E-state index >= 15 is 0 Å². The van der Waals surface area contributed by atoms with Gasteiger partial charge < -0.3 is 0 Å². The molecular formula is C8H6Cl2S. The first-order chi connectivity index (χ1) is 5.24. The van der Waals surface area contributed by atoms with Gasteiger partial charge >= 0.3 is 0 Å². The van der Waals surface area contributed by atoms with Crippen molar-refractivity contribution in [2.75, 3.05) is 0 Å². The SMILES string of the molecule is SC=Cc1ccc(Cl)cc1Cl. The zero-order valence-corrected chi connectivity index (χ0v) is 8.00. The largest absolute Gasteiger partial charge is 0.151 e. The average Bonchev–Trinajstić information content (AvgIpc) is 1.95. The summed E-state index contributed by atoms with van der Waals surface area (Å²) in [6, 6.07) is 5.33. The number of thiol groups is 1. The lowest BCUT2D eigenvalue weighted by Gasteiger charge is -1.96. The molecule has 1 aromatic rings. The van der Waals surface area contributed by atoms with E-state index in [-0.39, 0.29) is 0 Å². The van der Waals surface area contributed by atoms with Crippen LogP contribution < -0.4 is 0 Å². The molecule has 0 bridgehead atoms. The summed E-state index contributed by atoms with van der Waals surface area (Å²) >= 11 is 15.5. The molecule has 0 unspecified atom stereocenters. The van der Waals surface area contributed by atoms with Crippen LogP contribution in [0.3, 0.4) is 0 Å². The molecule has 0 N–H and O–H groups in total. The molecule has 1 aromatic carbocycles. The molecule has 0 aromatic heterocycles. The number of benzene rings is 1. The Morgan fingerprint density at radius 1 is 1.27 bits per heavy atom. The summed E-state index contributed by atoms with van der Waals surface area (Å²) in [5.74, 6) is 0. The first-order valence-corrected chi connectivity index (χ1v) is 4.27. The van der Waals surface area contributed by atoms with Gasteiger partial charge in [0.1, 0.15) is 0 Å². The van der Waals surface area contributed by atoms with Crippen LogP contribution in [0.1, 0.15) is 5.56 Å². The standard InChI is InChI=1S/C8H6Cl2S/c9-7-2-1-6(3-4-11)8(10)5-7/h1-5,11H. The molecule has 11 heavy (non-hydrogen) atoms. The number of hydrogen-bond acceptors (Lipinski definition) is 1. The summed E-state index contributed by atoms with van der Waals surface area (Å²) in [5, 5.41) is 2.92. The van der Waals surface area contributed by atoms with E-state index in [1.54, 1.807) is 17.5 Å². The lowest BCUT2D eigenvalue weighted by molar-refractivity contribution is 1.66. The quantitative estimate of drug-likeness (QED) is 0.660. The van der Waals surface area contributed by atoms with Gasteiger partial charge in [0.2, 0.25) is 0 Å². The van der Waals surface area contributed by atoms with Crippen molar-refractivity contribution in [2.45, 2.75) is 0 Å². The van der Waals surface area contributed by atoms with Gasteiger partial charge in [0.15, 0.2) is 0 Å². The second kappa shape index (κ2) is 4.05. The predicted molar refractivity (Wildman–Crippen MR) is 54.5 cm³/mol. The zero-order valence-electron chi connectivity index (χ0n) is 5.59. The van der Waals surface area contributed by atoms with Gasteiger partial charge in [-0.25, -0.2) is 0 Å². The Morgan fingerprint density at radius 2 is 2.00 bits per heavy atom. The molecule has 0 heterocycles. The summed E-state index contributed by atoms with van der Waals surface area (Å²) in [7, 11) is 0. The van der Waals surface area contributed by atoms with Crippen LogP contribution in [0.2, 0.25) is 10.0 Å². The van der Waals surface area contributed by atoms with Gasteiger partial charge in [0, 0.05) is 10.0 Å². The van der Waals surface area contributed by atoms with E-state index in [1.165, 1.54) is 0 Å². The summed E-state index contributed by atoms with van der Waals surface area (Å²) in [6.07, 6.45) is 1.81. The van der Waals surface area contributed by atoms with Crippen LogP contribution in [0.4, 0.5) is 0 Å². The Hall–Kier alpha value is -0.110. The Kier molecular flexibility index (Phi) is 3.31. The van der Waals surface area contributed by atoms with E-state index in [2.05, 4.69) is 12.6 Å². The molecular weight excluding hydrogens is 199 g/mol. The van der Waals surface area contributed by atoms with Crippen molar-refractivity contribution >= 4 is 41.9 Å². The highest BCUT2D eigenvalue weighted by atomic mass is 35.5. The lowest BCUT2D eigenvalue weighted by atomic mass is 10.2. The molecule has 0 amide bonds. The van der Waals surface area contributed by atoms with Crippen molar-refractivity contribution in [3.05, 3.63) is 39.2 Å². The number of rotatable bonds is 1. The summed E-state index contributed by atoms with van der Waals surface area (Å²) in [5.41, 5.74) is 0.922. The van der Waals surface area contributed by atoms with Crippen LogP contribution >= 0.6 is 35.8 Å². The van der Waals surface area contributed by atoms with Crippen molar-refractivity contribution in [2.24, 2.45) is 0 Å². The molecule has 0 atom stereocenters. The van der Waals surface area contributed by atoms with Gasteiger partial charge in [-0.1, -0.05) is 29.3 Å². The molecule has 0 spiro atoms. The van der Waals surface area contributed by atoms with E-state index in [4.69, 9.17) is 23.2 Å². The lowest BCUT2D eigenvalue weighted by Crippen LogP contribution is -1.73. The molecule has 0 radical (unpaired) electrons. The summed E-state index contributed by atoms with van der Waals surface area (Å²) < 4.78 is 0. The highest BCUT2D eigenvalue weighted by Gasteiger charge is 1.95. The van der Waals surface area contributed by atoms with Gasteiger partial charge in [-0.15, -0.1) is 0 Å². The minimum absolute atomic E-state index is 0.641. The summed E-state index contributed by atoms with van der Waals surface area (Å²) in [4.78, 5) is 0. The Labute approximate surface area is 81.2 Å². The van der Waals surface area contributed by atoms with Crippen LogP contribution in [0.25, 0.3) is 6.08 Å². The van der Waals surface area contributed by atoms with E-state index < -0.39 is 0 Å². The third-order valence-corrected chi connectivity index (χ3v) is 1.93. The van der Waals surface area contributed by atoms with Gasteiger partial charge in [0.05, 0.1) is 0 Å². The van der Waals surface area contributed by atoms with Crippen LogP contribution in [-0.4, -0.2) is 0 Å². The van der Waals surface area contributed by atoms with Crippen LogP contribution in [-0.2, 0) is 0 Å².